The van der Waals surface area contributed by atoms with Crippen molar-refractivity contribution in [2.75, 3.05) is 23.7 Å². The van der Waals surface area contributed by atoms with Gasteiger partial charge < -0.3 is 26.5 Å². The maximum absolute atomic E-state index is 9.95. The number of hydrogen-bond donors (Lipinski definition) is 4. The highest BCUT2D eigenvalue weighted by atomic mass is 16.3. The number of aromatic amines is 1. The fourth-order valence-corrected chi connectivity index (χ4v) is 3.04. The largest absolute Gasteiger partial charge is 0.390 e. The van der Waals surface area contributed by atoms with E-state index in [1.807, 2.05) is 12.3 Å². The van der Waals surface area contributed by atoms with Gasteiger partial charge in [-0.1, -0.05) is 0 Å². The van der Waals surface area contributed by atoms with Crippen LogP contribution in [0.5, 0.6) is 0 Å². The Morgan fingerprint density at radius 3 is 2.78 bits per heavy atom. The second-order valence-electron chi connectivity index (χ2n) is 5.69. The lowest BCUT2D eigenvalue weighted by Gasteiger charge is -2.19. The van der Waals surface area contributed by atoms with Gasteiger partial charge >= 0.3 is 0 Å². The summed E-state index contributed by atoms with van der Waals surface area (Å²) in [5, 5.41) is 10.9. The predicted octanol–water partition coefficient (Wildman–Crippen LogP) is 0.110. The molecule has 0 amide bonds. The second-order valence-corrected chi connectivity index (χ2v) is 5.69. The number of rotatable bonds is 2. The molecule has 0 bridgehead atoms. The summed E-state index contributed by atoms with van der Waals surface area (Å²) in [6.07, 6.45) is 4.69. The summed E-state index contributed by atoms with van der Waals surface area (Å²) in [6.45, 7) is 1.09. The van der Waals surface area contributed by atoms with Gasteiger partial charge in [0, 0.05) is 43.3 Å². The molecule has 3 aromatic rings. The standard InChI is InChI=1S/C15H17N7O/c16-9-6-22(7-12(9)23)11-2-4-18-14-13(11)8(5-20-14)10-1-3-19-15(17)21-10/h1-5,9,12,23H,6-7,16H2,(H,18,20)(H2,17,19,21). The quantitative estimate of drug-likeness (QED) is 0.528. The zero-order valence-corrected chi connectivity index (χ0v) is 12.3. The van der Waals surface area contributed by atoms with Crippen LogP contribution in [0, 0.1) is 0 Å². The number of nitrogens with zero attached hydrogens (tertiary/aromatic N) is 4. The van der Waals surface area contributed by atoms with E-state index in [1.165, 1.54) is 0 Å². The molecule has 8 nitrogen and oxygen atoms in total. The Hall–Kier alpha value is -2.71. The number of aromatic nitrogens is 4. The van der Waals surface area contributed by atoms with E-state index < -0.39 is 6.10 Å². The van der Waals surface area contributed by atoms with E-state index in [4.69, 9.17) is 11.5 Å². The second kappa shape index (κ2) is 5.18. The molecular weight excluding hydrogens is 294 g/mol. The lowest BCUT2D eigenvalue weighted by molar-refractivity contribution is 0.180. The van der Waals surface area contributed by atoms with E-state index in [1.54, 1.807) is 18.5 Å². The van der Waals surface area contributed by atoms with Gasteiger partial charge in [-0.15, -0.1) is 0 Å². The fourth-order valence-electron chi connectivity index (χ4n) is 3.04. The third-order valence-electron chi connectivity index (χ3n) is 4.18. The van der Waals surface area contributed by atoms with Crippen LogP contribution in [0.2, 0.25) is 0 Å². The number of fused-ring (bicyclic) bond motifs is 1. The molecule has 2 unspecified atom stereocenters. The molecule has 3 aromatic heterocycles. The molecule has 118 valence electrons. The topological polar surface area (TPSA) is 130 Å². The van der Waals surface area contributed by atoms with E-state index in [9.17, 15) is 5.11 Å². The Bertz CT molecular complexity index is 852. The summed E-state index contributed by atoms with van der Waals surface area (Å²) in [5.74, 6) is 0.223. The molecule has 6 N–H and O–H groups in total. The van der Waals surface area contributed by atoms with Crippen molar-refractivity contribution in [3.05, 3.63) is 30.7 Å². The minimum absolute atomic E-state index is 0.223. The van der Waals surface area contributed by atoms with Gasteiger partial charge in [-0.25, -0.2) is 15.0 Å². The highest BCUT2D eigenvalue weighted by Gasteiger charge is 2.30. The summed E-state index contributed by atoms with van der Waals surface area (Å²) in [4.78, 5) is 17.8. The van der Waals surface area contributed by atoms with Crippen molar-refractivity contribution in [3.63, 3.8) is 0 Å². The summed E-state index contributed by atoms with van der Waals surface area (Å²) >= 11 is 0. The maximum atomic E-state index is 9.95. The number of β-amino-alcohol motifs (C(OH)–C–C–N with tert-alkyl or cyclic N) is 1. The smallest absolute Gasteiger partial charge is 0.220 e. The van der Waals surface area contributed by atoms with Gasteiger partial charge in [-0.05, 0) is 12.1 Å². The molecule has 4 rings (SSSR count). The molecule has 0 radical (unpaired) electrons. The van der Waals surface area contributed by atoms with Crippen molar-refractivity contribution in [2.45, 2.75) is 12.1 Å². The van der Waals surface area contributed by atoms with Crippen LogP contribution < -0.4 is 16.4 Å². The van der Waals surface area contributed by atoms with Crippen molar-refractivity contribution in [3.8, 4) is 11.3 Å². The van der Waals surface area contributed by atoms with Gasteiger partial charge in [0.25, 0.3) is 0 Å². The van der Waals surface area contributed by atoms with Crippen molar-refractivity contribution < 1.29 is 5.11 Å². The van der Waals surface area contributed by atoms with Crippen LogP contribution in [-0.4, -0.2) is 50.3 Å². The Balaban J connectivity index is 1.88. The Morgan fingerprint density at radius 1 is 1.22 bits per heavy atom. The van der Waals surface area contributed by atoms with Crippen LogP contribution in [0.25, 0.3) is 22.3 Å². The van der Waals surface area contributed by atoms with E-state index in [2.05, 4.69) is 24.8 Å². The van der Waals surface area contributed by atoms with Crippen molar-refractivity contribution >= 4 is 22.7 Å². The molecule has 1 saturated heterocycles. The number of aliphatic hydroxyl groups excluding tert-OH is 1. The number of anilines is 2. The first-order valence-electron chi connectivity index (χ1n) is 7.37. The number of pyridine rings is 1. The number of nitrogens with one attached hydrogen (secondary N) is 1. The zero-order chi connectivity index (χ0) is 16.0. The summed E-state index contributed by atoms with van der Waals surface area (Å²) in [7, 11) is 0. The SMILES string of the molecule is Nc1nccc(-c2c[nH]c3nccc(N4CC(N)C(O)C4)c23)n1. The number of hydrogen-bond acceptors (Lipinski definition) is 7. The molecule has 1 aliphatic heterocycles. The van der Waals surface area contributed by atoms with Crippen LogP contribution in [0.4, 0.5) is 11.6 Å². The van der Waals surface area contributed by atoms with Gasteiger partial charge in [0.2, 0.25) is 5.95 Å². The van der Waals surface area contributed by atoms with Crippen LogP contribution in [0.3, 0.4) is 0 Å². The van der Waals surface area contributed by atoms with E-state index >= 15 is 0 Å². The molecule has 0 saturated carbocycles. The predicted molar refractivity (Wildman–Crippen MR) is 87.7 cm³/mol. The molecule has 1 aliphatic rings. The Labute approximate surface area is 132 Å². The molecule has 8 heteroatoms. The van der Waals surface area contributed by atoms with Crippen molar-refractivity contribution in [1.82, 2.24) is 19.9 Å². The molecule has 4 heterocycles. The van der Waals surface area contributed by atoms with E-state index in [0.29, 0.717) is 13.1 Å². The molecule has 0 spiro atoms. The Kier molecular flexibility index (Phi) is 3.14. The molecular formula is C15H17N7O. The van der Waals surface area contributed by atoms with Crippen LogP contribution in [0.1, 0.15) is 0 Å². The molecule has 0 aromatic carbocycles. The highest BCUT2D eigenvalue weighted by molar-refractivity contribution is 6.02. The first-order valence-corrected chi connectivity index (χ1v) is 7.37. The molecule has 0 aliphatic carbocycles. The molecule has 2 atom stereocenters. The lowest BCUT2D eigenvalue weighted by atomic mass is 10.1. The van der Waals surface area contributed by atoms with Gasteiger partial charge in [0.15, 0.2) is 0 Å². The Morgan fingerprint density at radius 2 is 2.04 bits per heavy atom. The summed E-state index contributed by atoms with van der Waals surface area (Å²) in [5.41, 5.74) is 15.0. The first-order chi connectivity index (χ1) is 11.1. The normalized spacial score (nSPS) is 21.2. The maximum Gasteiger partial charge on any atom is 0.220 e. The number of aliphatic hydroxyl groups is 1. The third kappa shape index (κ3) is 2.28. The summed E-state index contributed by atoms with van der Waals surface area (Å²) < 4.78 is 0. The van der Waals surface area contributed by atoms with Crippen LogP contribution in [-0.2, 0) is 0 Å². The highest BCUT2D eigenvalue weighted by Crippen LogP contribution is 2.35. The first kappa shape index (κ1) is 13.9. The van der Waals surface area contributed by atoms with Gasteiger partial charge in [0.1, 0.15) is 5.65 Å². The van der Waals surface area contributed by atoms with Crippen molar-refractivity contribution in [1.29, 1.82) is 0 Å². The minimum Gasteiger partial charge on any atom is -0.390 e. The minimum atomic E-state index is -0.532. The molecule has 23 heavy (non-hydrogen) atoms. The van der Waals surface area contributed by atoms with Gasteiger partial charge in [-0.3, -0.25) is 0 Å². The monoisotopic (exact) mass is 311 g/mol. The number of nitrogens with two attached hydrogens (primary N) is 2. The average molecular weight is 311 g/mol. The number of nitrogen functional groups attached to an aromatic ring is 1. The zero-order valence-electron chi connectivity index (χ0n) is 12.3. The van der Waals surface area contributed by atoms with E-state index in [0.717, 1.165) is 28.0 Å². The van der Waals surface area contributed by atoms with E-state index in [-0.39, 0.29) is 12.0 Å². The third-order valence-corrected chi connectivity index (χ3v) is 4.18. The number of H-pyrrole nitrogens is 1. The van der Waals surface area contributed by atoms with Crippen LogP contribution >= 0.6 is 0 Å². The van der Waals surface area contributed by atoms with Crippen molar-refractivity contribution in [2.24, 2.45) is 5.73 Å². The molecule has 1 fully saturated rings. The van der Waals surface area contributed by atoms with Crippen LogP contribution in [0.15, 0.2) is 30.7 Å². The fraction of sp³-hybridized carbons (Fsp3) is 0.267. The lowest BCUT2D eigenvalue weighted by Crippen LogP contribution is -2.32. The van der Waals surface area contributed by atoms with Gasteiger partial charge in [-0.2, -0.15) is 0 Å². The average Bonchev–Trinajstić information content (AvgIpc) is 3.11. The summed E-state index contributed by atoms with van der Waals surface area (Å²) in [6, 6.07) is 3.48. The van der Waals surface area contributed by atoms with Gasteiger partial charge in [0.05, 0.1) is 22.9 Å².